The van der Waals surface area contributed by atoms with Gasteiger partial charge in [-0.15, -0.1) is 0 Å². The van der Waals surface area contributed by atoms with Gasteiger partial charge in [0.1, 0.15) is 0 Å². The molecule has 1 rings (SSSR count). The molecule has 7 heteroatoms. The Kier molecular flexibility index (Phi) is 6.17. The van der Waals surface area contributed by atoms with E-state index in [0.717, 1.165) is 4.90 Å². The molecule has 112 valence electrons. The van der Waals surface area contributed by atoms with E-state index in [1.54, 1.807) is 0 Å². The van der Waals surface area contributed by atoms with Gasteiger partial charge in [0.05, 0.1) is 27.4 Å². The average Bonchev–Trinajstić information content (AvgIpc) is 2.44. The Morgan fingerprint density at radius 3 is 2.45 bits per heavy atom. The molecule has 0 fully saturated rings. The molecule has 0 saturated heterocycles. The van der Waals surface area contributed by atoms with Crippen LogP contribution in [0.15, 0.2) is 18.2 Å². The Balaban J connectivity index is 2.99. The fraction of sp³-hybridized carbons (Fsp3) is 0.462. The van der Waals surface area contributed by atoms with Crippen molar-refractivity contribution in [2.45, 2.75) is 6.43 Å². The summed E-state index contributed by atoms with van der Waals surface area (Å²) in [6, 6.07) is 4.39. The maximum Gasteiger partial charge on any atom is 0.255 e. The SMILES string of the molecule is COc1ccc(C(=O)N(CCO)CC(F)F)cc1OC. The van der Waals surface area contributed by atoms with Crippen molar-refractivity contribution in [2.24, 2.45) is 0 Å². The van der Waals surface area contributed by atoms with E-state index in [4.69, 9.17) is 14.6 Å². The average molecular weight is 289 g/mol. The maximum atomic E-state index is 12.4. The minimum absolute atomic E-state index is 0.155. The predicted octanol–water partition coefficient (Wildman–Crippen LogP) is 1.40. The molecule has 1 N–H and O–H groups in total. The third-order valence-corrected chi connectivity index (χ3v) is 2.65. The second-order valence-electron chi connectivity index (χ2n) is 3.94. The number of ether oxygens (including phenoxy) is 2. The van der Waals surface area contributed by atoms with Crippen LogP contribution in [0.2, 0.25) is 0 Å². The van der Waals surface area contributed by atoms with Crippen molar-refractivity contribution in [2.75, 3.05) is 33.9 Å². The van der Waals surface area contributed by atoms with Gasteiger partial charge in [0, 0.05) is 12.1 Å². The Hall–Kier alpha value is -1.89. The quantitative estimate of drug-likeness (QED) is 0.824. The third kappa shape index (κ3) is 4.06. The zero-order chi connectivity index (χ0) is 15.1. The topological polar surface area (TPSA) is 59.0 Å². The second kappa shape index (κ2) is 7.64. The number of carbonyl (C=O) groups excluding carboxylic acids is 1. The lowest BCUT2D eigenvalue weighted by Crippen LogP contribution is -2.37. The van der Waals surface area contributed by atoms with Crippen LogP contribution in [0.25, 0.3) is 0 Å². The summed E-state index contributed by atoms with van der Waals surface area (Å²) in [5, 5.41) is 8.84. The van der Waals surface area contributed by atoms with E-state index in [2.05, 4.69) is 0 Å². The number of benzene rings is 1. The number of amides is 1. The molecule has 0 bridgehead atoms. The number of aliphatic hydroxyl groups excluding tert-OH is 1. The van der Waals surface area contributed by atoms with Gasteiger partial charge in [-0.05, 0) is 18.2 Å². The first-order valence-electron chi connectivity index (χ1n) is 5.93. The monoisotopic (exact) mass is 289 g/mol. The number of hydrogen-bond donors (Lipinski definition) is 1. The summed E-state index contributed by atoms with van der Waals surface area (Å²) in [6.07, 6.45) is -2.66. The van der Waals surface area contributed by atoms with Gasteiger partial charge in [0.25, 0.3) is 12.3 Å². The van der Waals surface area contributed by atoms with Gasteiger partial charge in [-0.2, -0.15) is 0 Å². The first-order valence-corrected chi connectivity index (χ1v) is 5.93. The van der Waals surface area contributed by atoms with Crippen LogP contribution in [-0.4, -0.2) is 56.3 Å². The lowest BCUT2D eigenvalue weighted by Gasteiger charge is -2.21. The van der Waals surface area contributed by atoms with Crippen molar-refractivity contribution < 1.29 is 28.2 Å². The van der Waals surface area contributed by atoms with Gasteiger partial charge in [-0.1, -0.05) is 0 Å². The van der Waals surface area contributed by atoms with Crippen LogP contribution >= 0.6 is 0 Å². The fourth-order valence-corrected chi connectivity index (χ4v) is 1.71. The Bertz CT molecular complexity index is 454. The molecule has 0 unspecified atom stereocenters. The van der Waals surface area contributed by atoms with Gasteiger partial charge >= 0.3 is 0 Å². The van der Waals surface area contributed by atoms with Crippen molar-refractivity contribution in [1.82, 2.24) is 4.90 Å². The van der Waals surface area contributed by atoms with E-state index in [-0.39, 0.29) is 18.7 Å². The second-order valence-corrected chi connectivity index (χ2v) is 3.94. The number of aliphatic hydroxyl groups is 1. The molecular weight excluding hydrogens is 272 g/mol. The smallest absolute Gasteiger partial charge is 0.255 e. The molecular formula is C13H17F2NO4. The number of halogens is 2. The summed E-state index contributed by atoms with van der Waals surface area (Å²) in [7, 11) is 2.87. The molecule has 1 amide bonds. The number of carbonyl (C=O) groups is 1. The van der Waals surface area contributed by atoms with Gasteiger partial charge in [0.2, 0.25) is 0 Å². The zero-order valence-electron chi connectivity index (χ0n) is 11.3. The van der Waals surface area contributed by atoms with Crippen LogP contribution in [0.4, 0.5) is 8.78 Å². The van der Waals surface area contributed by atoms with Crippen LogP contribution in [0.5, 0.6) is 11.5 Å². The van der Waals surface area contributed by atoms with Crippen molar-refractivity contribution in [3.05, 3.63) is 23.8 Å². The summed E-state index contributed by atoms with van der Waals surface area (Å²) in [5.74, 6) is 0.172. The number of nitrogens with zero attached hydrogens (tertiary/aromatic N) is 1. The number of rotatable bonds is 7. The van der Waals surface area contributed by atoms with Crippen molar-refractivity contribution in [3.8, 4) is 11.5 Å². The summed E-state index contributed by atoms with van der Waals surface area (Å²) in [5.41, 5.74) is 0.191. The Morgan fingerprint density at radius 1 is 1.30 bits per heavy atom. The predicted molar refractivity (Wildman–Crippen MR) is 68.5 cm³/mol. The molecule has 5 nitrogen and oxygen atoms in total. The standard InChI is InChI=1S/C13H17F2NO4/c1-19-10-4-3-9(7-11(10)20-2)13(18)16(5-6-17)8-12(14)15/h3-4,7,12,17H,5-6,8H2,1-2H3. The lowest BCUT2D eigenvalue weighted by atomic mass is 10.1. The van der Waals surface area contributed by atoms with Gasteiger partial charge in [-0.3, -0.25) is 4.79 Å². The van der Waals surface area contributed by atoms with Crippen LogP contribution in [0, 0.1) is 0 Å². The molecule has 0 aromatic heterocycles. The summed E-state index contributed by atoms with van der Waals surface area (Å²) < 4.78 is 34.9. The zero-order valence-corrected chi connectivity index (χ0v) is 11.3. The van der Waals surface area contributed by atoms with E-state index in [0.29, 0.717) is 11.5 Å². The van der Waals surface area contributed by atoms with Crippen LogP contribution in [-0.2, 0) is 0 Å². The number of methoxy groups -OCH3 is 2. The number of alkyl halides is 2. The molecule has 0 spiro atoms. The van der Waals surface area contributed by atoms with Gasteiger partial charge in [-0.25, -0.2) is 8.78 Å². The first-order chi connectivity index (χ1) is 9.53. The van der Waals surface area contributed by atoms with E-state index >= 15 is 0 Å². The molecule has 0 aliphatic rings. The highest BCUT2D eigenvalue weighted by molar-refractivity contribution is 5.95. The minimum Gasteiger partial charge on any atom is -0.493 e. The van der Waals surface area contributed by atoms with E-state index in [9.17, 15) is 13.6 Å². The highest BCUT2D eigenvalue weighted by atomic mass is 19.3. The molecule has 0 saturated carbocycles. The van der Waals surface area contributed by atoms with E-state index < -0.39 is 18.9 Å². The van der Waals surface area contributed by atoms with E-state index in [1.165, 1.54) is 32.4 Å². The normalized spacial score (nSPS) is 10.5. The highest BCUT2D eigenvalue weighted by Crippen LogP contribution is 2.28. The van der Waals surface area contributed by atoms with E-state index in [1.807, 2.05) is 0 Å². The number of hydrogen-bond acceptors (Lipinski definition) is 4. The summed E-state index contributed by atoms with van der Waals surface area (Å²) >= 11 is 0. The van der Waals surface area contributed by atoms with Crippen LogP contribution < -0.4 is 9.47 Å². The van der Waals surface area contributed by atoms with Crippen LogP contribution in [0.3, 0.4) is 0 Å². The van der Waals surface area contributed by atoms with Crippen LogP contribution in [0.1, 0.15) is 10.4 Å². The first kappa shape index (κ1) is 16.2. The fourth-order valence-electron chi connectivity index (χ4n) is 1.71. The minimum atomic E-state index is -2.66. The molecule has 0 aliphatic carbocycles. The van der Waals surface area contributed by atoms with Crippen molar-refractivity contribution in [1.29, 1.82) is 0 Å². The molecule has 1 aromatic carbocycles. The largest absolute Gasteiger partial charge is 0.493 e. The third-order valence-electron chi connectivity index (χ3n) is 2.65. The molecule has 0 radical (unpaired) electrons. The maximum absolute atomic E-state index is 12.4. The van der Waals surface area contributed by atoms with Crippen molar-refractivity contribution in [3.63, 3.8) is 0 Å². The van der Waals surface area contributed by atoms with Crippen molar-refractivity contribution >= 4 is 5.91 Å². The highest BCUT2D eigenvalue weighted by Gasteiger charge is 2.20. The molecule has 0 atom stereocenters. The lowest BCUT2D eigenvalue weighted by molar-refractivity contribution is 0.0509. The summed E-state index contributed by atoms with van der Waals surface area (Å²) in [6.45, 7) is -1.27. The molecule has 0 heterocycles. The molecule has 1 aromatic rings. The summed E-state index contributed by atoms with van der Waals surface area (Å²) in [4.78, 5) is 13.0. The Morgan fingerprint density at radius 2 is 1.95 bits per heavy atom. The van der Waals surface area contributed by atoms with Gasteiger partial charge < -0.3 is 19.5 Å². The Labute approximate surface area is 115 Å². The van der Waals surface area contributed by atoms with Gasteiger partial charge in [0.15, 0.2) is 11.5 Å². The molecule has 0 aliphatic heterocycles. The molecule has 20 heavy (non-hydrogen) atoms.